The first-order valence-corrected chi connectivity index (χ1v) is 6.18. The molecule has 0 bridgehead atoms. The van der Waals surface area contributed by atoms with Gasteiger partial charge < -0.3 is 4.90 Å². The molecular weight excluding hydrogens is 251 g/mol. The van der Waals surface area contributed by atoms with Crippen LogP contribution in [0.5, 0.6) is 0 Å². The Morgan fingerprint density at radius 1 is 1.24 bits per heavy atom. The number of nitrogens with zero attached hydrogens (tertiary/aromatic N) is 1. The molecule has 6 heteroatoms. The summed E-state index contributed by atoms with van der Waals surface area (Å²) in [6, 6.07) is 4.34. The van der Waals surface area contributed by atoms with E-state index in [1.54, 1.807) is 16.7 Å². The smallest absolute Gasteiger partial charge is 0.329 e. The maximum absolute atomic E-state index is 12.3. The first-order chi connectivity index (χ1) is 7.98. The molecule has 0 aromatic heterocycles. The van der Waals surface area contributed by atoms with Crippen molar-refractivity contribution in [1.29, 1.82) is 0 Å². The minimum absolute atomic E-state index is 0.205. The molecule has 0 atom stereocenters. The first-order valence-electron chi connectivity index (χ1n) is 5.03. The number of carbonyl (C=O) groups excluding carboxylic acids is 1. The van der Waals surface area contributed by atoms with Crippen LogP contribution in [0.4, 0.5) is 13.2 Å². The largest absolute Gasteiger partial charge is 0.416 e. The zero-order valence-electron chi connectivity index (χ0n) is 8.83. The van der Waals surface area contributed by atoms with Crippen LogP contribution in [0.2, 0.25) is 0 Å². The monoisotopic (exact) mass is 261 g/mol. The third-order valence-corrected chi connectivity index (χ3v) is 3.46. The summed E-state index contributed by atoms with van der Waals surface area (Å²) in [5.74, 6) is 1.29. The van der Waals surface area contributed by atoms with Gasteiger partial charge in [0.05, 0.1) is 11.4 Å². The summed E-state index contributed by atoms with van der Waals surface area (Å²) in [6.07, 6.45) is -4.36. The van der Waals surface area contributed by atoms with Crippen molar-refractivity contribution < 1.29 is 18.0 Å². The lowest BCUT2D eigenvalue weighted by Crippen LogP contribution is -2.27. The van der Waals surface area contributed by atoms with Crippen LogP contribution >= 0.6 is 11.8 Å². The highest BCUT2D eigenvalue weighted by molar-refractivity contribution is 7.99. The van der Waals surface area contributed by atoms with E-state index in [0.717, 1.165) is 17.9 Å². The van der Waals surface area contributed by atoms with E-state index < -0.39 is 11.7 Å². The molecule has 0 radical (unpaired) electrons. The summed E-state index contributed by atoms with van der Waals surface area (Å²) >= 11 is 1.64. The SMILES string of the molecule is O=C(c1ccc(C(F)(F)F)cc1)N1CCSC1. The highest BCUT2D eigenvalue weighted by Crippen LogP contribution is 2.29. The normalized spacial score (nSPS) is 16.3. The Morgan fingerprint density at radius 3 is 2.35 bits per heavy atom. The molecule has 1 amide bonds. The number of benzene rings is 1. The van der Waals surface area contributed by atoms with Crippen LogP contribution in [0.15, 0.2) is 24.3 Å². The second-order valence-electron chi connectivity index (χ2n) is 3.68. The fraction of sp³-hybridized carbons (Fsp3) is 0.364. The van der Waals surface area contributed by atoms with Gasteiger partial charge in [0.2, 0.25) is 0 Å². The number of amides is 1. The van der Waals surface area contributed by atoms with E-state index in [1.165, 1.54) is 12.1 Å². The van der Waals surface area contributed by atoms with Gasteiger partial charge in [-0.15, -0.1) is 11.8 Å². The van der Waals surface area contributed by atoms with Crippen molar-refractivity contribution in [3.63, 3.8) is 0 Å². The Hall–Kier alpha value is -1.17. The molecule has 2 nitrogen and oxygen atoms in total. The van der Waals surface area contributed by atoms with E-state index in [1.807, 2.05) is 0 Å². The van der Waals surface area contributed by atoms with Gasteiger partial charge in [-0.1, -0.05) is 0 Å². The van der Waals surface area contributed by atoms with Crippen molar-refractivity contribution in [1.82, 2.24) is 4.90 Å². The lowest BCUT2D eigenvalue weighted by molar-refractivity contribution is -0.137. The Kier molecular flexibility index (Phi) is 3.33. The number of hydrogen-bond donors (Lipinski definition) is 0. The second-order valence-corrected chi connectivity index (χ2v) is 4.76. The van der Waals surface area contributed by atoms with Gasteiger partial charge >= 0.3 is 6.18 Å². The van der Waals surface area contributed by atoms with Gasteiger partial charge in [-0.3, -0.25) is 4.79 Å². The fourth-order valence-electron chi connectivity index (χ4n) is 1.56. The number of halogens is 3. The molecule has 1 aliphatic heterocycles. The van der Waals surface area contributed by atoms with Crippen LogP contribution in [0, 0.1) is 0 Å². The maximum Gasteiger partial charge on any atom is 0.416 e. The molecule has 0 N–H and O–H groups in total. The summed E-state index contributed by atoms with van der Waals surface area (Å²) in [4.78, 5) is 13.5. The molecule has 17 heavy (non-hydrogen) atoms. The van der Waals surface area contributed by atoms with Crippen LogP contribution < -0.4 is 0 Å². The predicted molar refractivity (Wildman–Crippen MR) is 59.8 cm³/mol. The van der Waals surface area contributed by atoms with Gasteiger partial charge in [-0.2, -0.15) is 13.2 Å². The van der Waals surface area contributed by atoms with Gasteiger partial charge in [-0.25, -0.2) is 0 Å². The zero-order valence-corrected chi connectivity index (χ0v) is 9.64. The van der Waals surface area contributed by atoms with Gasteiger partial charge in [0.15, 0.2) is 0 Å². The topological polar surface area (TPSA) is 20.3 Å². The summed E-state index contributed by atoms with van der Waals surface area (Å²) in [5, 5.41) is 0. The molecule has 1 heterocycles. The summed E-state index contributed by atoms with van der Waals surface area (Å²) in [5.41, 5.74) is -0.426. The van der Waals surface area contributed by atoms with Gasteiger partial charge in [-0.05, 0) is 24.3 Å². The molecule has 1 saturated heterocycles. The maximum atomic E-state index is 12.3. The van der Waals surface area contributed by atoms with Gasteiger partial charge in [0.1, 0.15) is 0 Å². The highest BCUT2D eigenvalue weighted by atomic mass is 32.2. The Bertz CT molecular complexity index is 410. The molecule has 0 saturated carbocycles. The summed E-state index contributed by atoms with van der Waals surface area (Å²) in [7, 11) is 0. The second kappa shape index (κ2) is 4.60. The molecule has 92 valence electrons. The Labute approximate surface area is 101 Å². The van der Waals surface area contributed by atoms with Crippen LogP contribution in [0.25, 0.3) is 0 Å². The highest BCUT2D eigenvalue weighted by Gasteiger charge is 2.30. The van der Waals surface area contributed by atoms with E-state index in [-0.39, 0.29) is 5.91 Å². The molecule has 1 aromatic rings. The first kappa shape index (κ1) is 12.3. The average Bonchev–Trinajstić information content (AvgIpc) is 2.80. The lowest BCUT2D eigenvalue weighted by Gasteiger charge is -2.14. The lowest BCUT2D eigenvalue weighted by atomic mass is 10.1. The molecule has 0 unspecified atom stereocenters. The van der Waals surface area contributed by atoms with E-state index >= 15 is 0 Å². The van der Waals surface area contributed by atoms with Crippen LogP contribution in [0.1, 0.15) is 15.9 Å². The van der Waals surface area contributed by atoms with Gasteiger partial charge in [0.25, 0.3) is 5.91 Å². The molecule has 1 aliphatic rings. The summed E-state index contributed by atoms with van der Waals surface area (Å²) in [6.45, 7) is 0.657. The van der Waals surface area contributed by atoms with Crippen LogP contribution in [-0.2, 0) is 6.18 Å². The molecule has 2 rings (SSSR count). The van der Waals surface area contributed by atoms with Gasteiger partial charge in [0, 0.05) is 17.9 Å². The number of thioether (sulfide) groups is 1. The minimum Gasteiger partial charge on any atom is -0.329 e. The fourth-order valence-corrected chi connectivity index (χ4v) is 2.50. The molecule has 1 fully saturated rings. The Balaban J connectivity index is 2.15. The van der Waals surface area contributed by atoms with Crippen molar-refractivity contribution in [3.05, 3.63) is 35.4 Å². The third kappa shape index (κ3) is 2.74. The van der Waals surface area contributed by atoms with Crippen molar-refractivity contribution in [2.24, 2.45) is 0 Å². The number of rotatable bonds is 1. The molecule has 0 aliphatic carbocycles. The van der Waals surface area contributed by atoms with E-state index in [0.29, 0.717) is 18.0 Å². The van der Waals surface area contributed by atoms with E-state index in [9.17, 15) is 18.0 Å². The van der Waals surface area contributed by atoms with E-state index in [2.05, 4.69) is 0 Å². The third-order valence-electron chi connectivity index (χ3n) is 2.50. The van der Waals surface area contributed by atoms with Crippen molar-refractivity contribution >= 4 is 17.7 Å². The number of alkyl halides is 3. The van der Waals surface area contributed by atoms with Crippen LogP contribution in [0.3, 0.4) is 0 Å². The van der Waals surface area contributed by atoms with Crippen molar-refractivity contribution in [2.45, 2.75) is 6.18 Å². The molecule has 0 spiro atoms. The zero-order chi connectivity index (χ0) is 12.5. The van der Waals surface area contributed by atoms with Crippen molar-refractivity contribution in [2.75, 3.05) is 18.2 Å². The van der Waals surface area contributed by atoms with Crippen molar-refractivity contribution in [3.8, 4) is 0 Å². The quantitative estimate of drug-likeness (QED) is 0.774. The molecular formula is C11H10F3NOS. The summed E-state index contributed by atoms with van der Waals surface area (Å²) < 4.78 is 37.0. The Morgan fingerprint density at radius 2 is 1.88 bits per heavy atom. The predicted octanol–water partition coefficient (Wildman–Crippen LogP) is 2.85. The standard InChI is InChI=1S/C11H10F3NOS/c12-11(13,14)9-3-1-8(2-4-9)10(16)15-5-6-17-7-15/h1-4H,5-7H2. The van der Waals surface area contributed by atoms with E-state index in [4.69, 9.17) is 0 Å². The van der Waals surface area contributed by atoms with Crippen LogP contribution in [-0.4, -0.2) is 29.0 Å². The average molecular weight is 261 g/mol. The molecule has 1 aromatic carbocycles. The number of hydrogen-bond acceptors (Lipinski definition) is 2. The minimum atomic E-state index is -4.36. The number of carbonyl (C=O) groups is 1.